The number of hydrogen-bond acceptors (Lipinski definition) is 3. The van der Waals surface area contributed by atoms with Crippen LogP contribution in [0.15, 0.2) is 43.0 Å². The third kappa shape index (κ3) is 2.61. The second-order valence-electron chi connectivity index (χ2n) is 5.65. The zero-order valence-corrected chi connectivity index (χ0v) is 14.1. The first-order valence-electron chi connectivity index (χ1n) is 7.55. The number of halogens is 4. The summed E-state index contributed by atoms with van der Waals surface area (Å²) in [4.78, 5) is 12.4. The first-order valence-corrected chi connectivity index (χ1v) is 7.93. The molecule has 0 fully saturated rings. The summed E-state index contributed by atoms with van der Waals surface area (Å²) in [5.41, 5.74) is 1.78. The number of aryl methyl sites for hydroxylation is 1. The summed E-state index contributed by atoms with van der Waals surface area (Å²) in [6, 6.07) is 5.85. The molecule has 0 aliphatic carbocycles. The van der Waals surface area contributed by atoms with Gasteiger partial charge in [0.1, 0.15) is 35.6 Å². The second-order valence-corrected chi connectivity index (χ2v) is 6.06. The Morgan fingerprint density at radius 2 is 1.77 bits per heavy atom. The highest BCUT2D eigenvalue weighted by molar-refractivity contribution is 6.33. The van der Waals surface area contributed by atoms with Crippen molar-refractivity contribution in [3.05, 3.63) is 71.2 Å². The van der Waals surface area contributed by atoms with E-state index in [0.717, 1.165) is 12.1 Å². The van der Waals surface area contributed by atoms with Crippen molar-refractivity contribution in [1.82, 2.24) is 19.5 Å². The molecule has 0 saturated heterocycles. The number of rotatable bonds is 2. The molecule has 4 aromatic rings. The van der Waals surface area contributed by atoms with Crippen molar-refractivity contribution < 1.29 is 13.2 Å². The SMILES string of the molecule is Cc1ncnc(-n2cnc3cc(F)cc(F)c32)c1-c1ccc(F)cc1Cl. The van der Waals surface area contributed by atoms with Crippen molar-refractivity contribution in [2.75, 3.05) is 0 Å². The number of aromatic nitrogens is 4. The van der Waals surface area contributed by atoms with E-state index in [-0.39, 0.29) is 16.1 Å². The summed E-state index contributed by atoms with van der Waals surface area (Å²) >= 11 is 6.20. The summed E-state index contributed by atoms with van der Waals surface area (Å²) in [6.45, 7) is 1.73. The van der Waals surface area contributed by atoms with E-state index >= 15 is 0 Å². The maximum absolute atomic E-state index is 14.4. The molecule has 2 heterocycles. The zero-order valence-electron chi connectivity index (χ0n) is 13.3. The van der Waals surface area contributed by atoms with Crippen molar-refractivity contribution >= 4 is 22.6 Å². The monoisotopic (exact) mass is 374 g/mol. The van der Waals surface area contributed by atoms with Gasteiger partial charge in [-0.15, -0.1) is 0 Å². The summed E-state index contributed by atoms with van der Waals surface area (Å²) < 4.78 is 42.6. The van der Waals surface area contributed by atoms with Crippen LogP contribution < -0.4 is 0 Å². The average Bonchev–Trinajstić information content (AvgIpc) is 2.99. The maximum Gasteiger partial charge on any atom is 0.152 e. The van der Waals surface area contributed by atoms with Gasteiger partial charge in [-0.25, -0.2) is 28.1 Å². The van der Waals surface area contributed by atoms with Crippen LogP contribution in [-0.2, 0) is 0 Å². The number of hydrogen-bond donors (Lipinski definition) is 0. The topological polar surface area (TPSA) is 43.6 Å². The predicted octanol–water partition coefficient (Wildman–Crippen LogP) is 4.86. The van der Waals surface area contributed by atoms with Crippen LogP contribution in [-0.4, -0.2) is 19.5 Å². The van der Waals surface area contributed by atoms with Gasteiger partial charge in [-0.05, 0) is 25.1 Å². The smallest absolute Gasteiger partial charge is 0.152 e. The van der Waals surface area contributed by atoms with E-state index in [2.05, 4.69) is 15.0 Å². The van der Waals surface area contributed by atoms with E-state index < -0.39 is 17.5 Å². The summed E-state index contributed by atoms with van der Waals surface area (Å²) in [7, 11) is 0. The van der Waals surface area contributed by atoms with Crippen molar-refractivity contribution in [2.45, 2.75) is 6.92 Å². The molecule has 8 heteroatoms. The Bertz CT molecular complexity index is 1160. The van der Waals surface area contributed by atoms with Crippen LogP contribution in [0.3, 0.4) is 0 Å². The van der Waals surface area contributed by atoms with E-state index in [9.17, 15) is 13.2 Å². The van der Waals surface area contributed by atoms with Crippen LogP contribution in [0.25, 0.3) is 28.0 Å². The lowest BCUT2D eigenvalue weighted by atomic mass is 10.0. The van der Waals surface area contributed by atoms with Gasteiger partial charge in [-0.1, -0.05) is 11.6 Å². The molecule has 0 amide bonds. The first kappa shape index (κ1) is 16.5. The Morgan fingerprint density at radius 1 is 0.962 bits per heavy atom. The first-order chi connectivity index (χ1) is 12.5. The van der Waals surface area contributed by atoms with Crippen LogP contribution in [0, 0.1) is 24.4 Å². The number of fused-ring (bicyclic) bond motifs is 1. The van der Waals surface area contributed by atoms with Crippen LogP contribution in [0.1, 0.15) is 5.69 Å². The molecule has 4 nitrogen and oxygen atoms in total. The van der Waals surface area contributed by atoms with Crippen LogP contribution in [0.5, 0.6) is 0 Å². The Balaban J connectivity index is 2.04. The fourth-order valence-corrected chi connectivity index (χ4v) is 3.14. The van der Waals surface area contributed by atoms with E-state index in [1.165, 1.54) is 35.4 Å². The molecule has 0 radical (unpaired) electrons. The molecule has 2 aromatic carbocycles. The summed E-state index contributed by atoms with van der Waals surface area (Å²) in [5.74, 6) is -1.67. The molecule has 2 aromatic heterocycles. The Labute approximate surface area is 150 Å². The highest BCUT2D eigenvalue weighted by Crippen LogP contribution is 2.35. The minimum Gasteiger partial charge on any atom is -0.279 e. The van der Waals surface area contributed by atoms with Gasteiger partial charge < -0.3 is 0 Å². The van der Waals surface area contributed by atoms with Gasteiger partial charge in [0.25, 0.3) is 0 Å². The van der Waals surface area contributed by atoms with E-state index in [1.54, 1.807) is 6.92 Å². The molecule has 26 heavy (non-hydrogen) atoms. The van der Waals surface area contributed by atoms with Crippen LogP contribution >= 0.6 is 11.6 Å². The minimum absolute atomic E-state index is 0.0731. The Hall–Kier alpha value is -2.93. The Kier molecular flexibility index (Phi) is 3.88. The summed E-state index contributed by atoms with van der Waals surface area (Å²) in [5, 5.41) is 0.167. The van der Waals surface area contributed by atoms with Gasteiger partial charge >= 0.3 is 0 Å². The van der Waals surface area contributed by atoms with Crippen molar-refractivity contribution in [1.29, 1.82) is 0 Å². The van der Waals surface area contributed by atoms with Gasteiger partial charge in [0, 0.05) is 23.3 Å². The second kappa shape index (κ2) is 6.10. The Morgan fingerprint density at radius 3 is 2.54 bits per heavy atom. The number of imidazole rings is 1. The quantitative estimate of drug-likeness (QED) is 0.503. The fraction of sp³-hybridized carbons (Fsp3) is 0.0556. The molecular formula is C18H10ClF3N4. The largest absolute Gasteiger partial charge is 0.279 e. The molecule has 0 bridgehead atoms. The molecule has 0 N–H and O–H groups in total. The normalized spacial score (nSPS) is 11.3. The van der Waals surface area contributed by atoms with Crippen LogP contribution in [0.4, 0.5) is 13.2 Å². The van der Waals surface area contributed by atoms with Gasteiger partial charge in [0.2, 0.25) is 0 Å². The predicted molar refractivity (Wildman–Crippen MR) is 91.7 cm³/mol. The van der Waals surface area contributed by atoms with E-state index in [0.29, 0.717) is 22.6 Å². The van der Waals surface area contributed by atoms with Gasteiger partial charge in [-0.3, -0.25) is 4.57 Å². The molecule has 0 spiro atoms. The molecule has 0 aliphatic heterocycles. The van der Waals surface area contributed by atoms with Crippen molar-refractivity contribution in [3.8, 4) is 16.9 Å². The van der Waals surface area contributed by atoms with Crippen LogP contribution in [0.2, 0.25) is 5.02 Å². The molecule has 0 unspecified atom stereocenters. The zero-order chi connectivity index (χ0) is 18.4. The van der Waals surface area contributed by atoms with Gasteiger partial charge in [0.05, 0.1) is 16.2 Å². The maximum atomic E-state index is 14.4. The lowest BCUT2D eigenvalue weighted by Gasteiger charge is -2.14. The fourth-order valence-electron chi connectivity index (χ4n) is 2.88. The highest BCUT2D eigenvalue weighted by atomic mass is 35.5. The highest BCUT2D eigenvalue weighted by Gasteiger charge is 2.19. The molecule has 130 valence electrons. The lowest BCUT2D eigenvalue weighted by molar-refractivity contribution is 0.589. The van der Waals surface area contributed by atoms with Crippen molar-refractivity contribution in [3.63, 3.8) is 0 Å². The standard InChI is InChI=1S/C18H10ClF3N4/c1-9-16(12-3-2-10(20)4-13(12)19)18(24-7-23-9)26-8-25-15-6-11(21)5-14(22)17(15)26/h2-8H,1H3. The van der Waals surface area contributed by atoms with Gasteiger partial charge in [-0.2, -0.15) is 0 Å². The third-order valence-electron chi connectivity index (χ3n) is 4.01. The average molecular weight is 375 g/mol. The summed E-state index contributed by atoms with van der Waals surface area (Å²) in [6.07, 6.45) is 2.66. The molecular weight excluding hydrogens is 365 g/mol. The van der Waals surface area contributed by atoms with Crippen molar-refractivity contribution in [2.24, 2.45) is 0 Å². The van der Waals surface area contributed by atoms with E-state index in [1.807, 2.05) is 0 Å². The number of nitrogens with zero attached hydrogens (tertiary/aromatic N) is 4. The number of benzene rings is 2. The minimum atomic E-state index is -0.773. The van der Waals surface area contributed by atoms with Gasteiger partial charge in [0.15, 0.2) is 5.82 Å². The van der Waals surface area contributed by atoms with E-state index in [4.69, 9.17) is 11.6 Å². The molecule has 0 saturated carbocycles. The molecule has 4 rings (SSSR count). The molecule has 0 atom stereocenters. The molecule has 0 aliphatic rings. The third-order valence-corrected chi connectivity index (χ3v) is 4.32. The lowest BCUT2D eigenvalue weighted by Crippen LogP contribution is -2.04.